The smallest absolute Gasteiger partial charge is 0.139 e. The minimum absolute atomic E-state index is 0.0915. The standard InChI is InChI=1S/C10H12ClNO2/c11-9-8-3-1-2-6(8)4-7(5-12-14)10(9)13/h4,12-14H,1-3,5H2. The van der Waals surface area contributed by atoms with E-state index in [9.17, 15) is 5.11 Å². The van der Waals surface area contributed by atoms with E-state index in [4.69, 9.17) is 16.8 Å². The largest absolute Gasteiger partial charge is 0.506 e. The second-order valence-electron chi connectivity index (χ2n) is 3.52. The van der Waals surface area contributed by atoms with Gasteiger partial charge in [-0.3, -0.25) is 0 Å². The summed E-state index contributed by atoms with van der Waals surface area (Å²) in [5.41, 5.74) is 4.93. The first kappa shape index (κ1) is 9.77. The van der Waals surface area contributed by atoms with E-state index in [1.807, 2.05) is 11.5 Å². The first-order valence-electron chi connectivity index (χ1n) is 4.63. The van der Waals surface area contributed by atoms with Gasteiger partial charge in [-0.2, -0.15) is 0 Å². The van der Waals surface area contributed by atoms with Crippen LogP contribution in [0.2, 0.25) is 5.02 Å². The van der Waals surface area contributed by atoms with Crippen LogP contribution in [0.5, 0.6) is 5.75 Å². The molecule has 0 saturated heterocycles. The van der Waals surface area contributed by atoms with Gasteiger partial charge in [-0.15, -0.1) is 0 Å². The van der Waals surface area contributed by atoms with Crippen LogP contribution in [0, 0.1) is 0 Å². The molecule has 0 aliphatic heterocycles. The van der Waals surface area contributed by atoms with Crippen LogP contribution < -0.4 is 5.48 Å². The van der Waals surface area contributed by atoms with E-state index in [1.54, 1.807) is 0 Å². The minimum Gasteiger partial charge on any atom is -0.506 e. The highest BCUT2D eigenvalue weighted by Gasteiger charge is 2.19. The topological polar surface area (TPSA) is 52.5 Å². The molecule has 76 valence electrons. The van der Waals surface area contributed by atoms with E-state index in [1.165, 1.54) is 5.56 Å². The molecule has 4 heteroatoms. The summed E-state index contributed by atoms with van der Waals surface area (Å²) in [5, 5.41) is 18.7. The summed E-state index contributed by atoms with van der Waals surface area (Å²) >= 11 is 6.02. The number of halogens is 1. The van der Waals surface area contributed by atoms with E-state index < -0.39 is 0 Å². The van der Waals surface area contributed by atoms with E-state index in [0.717, 1.165) is 24.8 Å². The van der Waals surface area contributed by atoms with Crippen molar-refractivity contribution in [2.75, 3.05) is 0 Å². The second-order valence-corrected chi connectivity index (χ2v) is 3.90. The van der Waals surface area contributed by atoms with Gasteiger partial charge in [0.1, 0.15) is 5.75 Å². The number of rotatable bonds is 2. The van der Waals surface area contributed by atoms with Crippen molar-refractivity contribution in [2.45, 2.75) is 25.8 Å². The quantitative estimate of drug-likeness (QED) is 0.659. The van der Waals surface area contributed by atoms with Gasteiger partial charge < -0.3 is 10.3 Å². The maximum atomic E-state index is 9.71. The Morgan fingerprint density at radius 2 is 2.21 bits per heavy atom. The lowest BCUT2D eigenvalue weighted by Crippen LogP contribution is -2.07. The van der Waals surface area contributed by atoms with Crippen molar-refractivity contribution < 1.29 is 10.3 Å². The van der Waals surface area contributed by atoms with Crippen molar-refractivity contribution in [3.05, 3.63) is 27.8 Å². The highest BCUT2D eigenvalue weighted by atomic mass is 35.5. The van der Waals surface area contributed by atoms with E-state index in [2.05, 4.69) is 0 Å². The lowest BCUT2D eigenvalue weighted by Gasteiger charge is -2.10. The molecule has 2 rings (SSSR count). The molecule has 1 aliphatic carbocycles. The molecule has 1 aliphatic rings. The van der Waals surface area contributed by atoms with Crippen molar-refractivity contribution in [3.8, 4) is 5.75 Å². The van der Waals surface area contributed by atoms with Crippen LogP contribution in [0.4, 0.5) is 0 Å². The van der Waals surface area contributed by atoms with Gasteiger partial charge in [0.05, 0.1) is 5.02 Å². The Hall–Kier alpha value is -0.770. The number of fused-ring (bicyclic) bond motifs is 1. The van der Waals surface area contributed by atoms with Crippen molar-refractivity contribution in [2.24, 2.45) is 0 Å². The van der Waals surface area contributed by atoms with Crippen molar-refractivity contribution in [3.63, 3.8) is 0 Å². The zero-order valence-electron chi connectivity index (χ0n) is 7.68. The number of phenolic OH excluding ortho intramolecular Hbond substituents is 1. The number of aryl methyl sites for hydroxylation is 1. The molecule has 0 fully saturated rings. The first-order chi connectivity index (χ1) is 6.74. The summed E-state index contributed by atoms with van der Waals surface area (Å²) < 4.78 is 0. The SMILES string of the molecule is ONCc1cc2c(c(Cl)c1O)CCC2. The van der Waals surface area contributed by atoms with Crippen LogP contribution in [0.1, 0.15) is 23.1 Å². The third-order valence-corrected chi connectivity index (χ3v) is 3.06. The minimum atomic E-state index is 0.0915. The average Bonchev–Trinajstić information content (AvgIpc) is 2.62. The molecule has 0 saturated carbocycles. The van der Waals surface area contributed by atoms with Crippen molar-refractivity contribution >= 4 is 11.6 Å². The summed E-state index contributed by atoms with van der Waals surface area (Å²) in [4.78, 5) is 0. The molecule has 1 aromatic rings. The molecule has 0 amide bonds. The van der Waals surface area contributed by atoms with Gasteiger partial charge in [0, 0.05) is 12.1 Å². The maximum absolute atomic E-state index is 9.71. The van der Waals surface area contributed by atoms with Gasteiger partial charge in [-0.1, -0.05) is 17.7 Å². The molecule has 3 N–H and O–H groups in total. The summed E-state index contributed by atoms with van der Waals surface area (Å²) in [5.74, 6) is 0.0915. The van der Waals surface area contributed by atoms with Crippen LogP contribution in [-0.2, 0) is 19.4 Å². The molecule has 0 radical (unpaired) electrons. The predicted molar refractivity (Wildman–Crippen MR) is 53.8 cm³/mol. The van der Waals surface area contributed by atoms with Crippen molar-refractivity contribution in [1.29, 1.82) is 0 Å². The van der Waals surface area contributed by atoms with Crippen LogP contribution in [0.3, 0.4) is 0 Å². The summed E-state index contributed by atoms with van der Waals surface area (Å²) in [6.45, 7) is 0.221. The summed E-state index contributed by atoms with van der Waals surface area (Å²) in [7, 11) is 0. The number of benzene rings is 1. The molecule has 0 atom stereocenters. The fraction of sp³-hybridized carbons (Fsp3) is 0.400. The lowest BCUT2D eigenvalue weighted by atomic mass is 10.1. The fourth-order valence-corrected chi connectivity index (χ4v) is 2.30. The first-order valence-corrected chi connectivity index (χ1v) is 5.01. The average molecular weight is 214 g/mol. The Morgan fingerprint density at radius 1 is 1.43 bits per heavy atom. The Balaban J connectivity index is 2.49. The predicted octanol–water partition coefficient (Wildman–Crippen LogP) is 2.01. The zero-order chi connectivity index (χ0) is 10.1. The molecule has 0 heterocycles. The third kappa shape index (κ3) is 1.47. The van der Waals surface area contributed by atoms with Crippen LogP contribution >= 0.6 is 11.6 Å². The summed E-state index contributed by atoms with van der Waals surface area (Å²) in [6, 6.07) is 1.91. The molecule has 0 spiro atoms. The van der Waals surface area contributed by atoms with Gasteiger partial charge in [0.25, 0.3) is 0 Å². The normalized spacial score (nSPS) is 14.4. The molecule has 0 unspecified atom stereocenters. The fourth-order valence-electron chi connectivity index (χ4n) is 1.96. The lowest BCUT2D eigenvalue weighted by molar-refractivity contribution is 0.160. The Kier molecular flexibility index (Phi) is 2.63. The number of nitrogens with one attached hydrogen (secondary N) is 1. The number of hydrogen-bond acceptors (Lipinski definition) is 3. The number of hydrogen-bond donors (Lipinski definition) is 3. The number of hydroxylamine groups is 1. The molecule has 1 aromatic carbocycles. The van der Waals surface area contributed by atoms with E-state index >= 15 is 0 Å². The molecule has 0 aromatic heterocycles. The number of phenols is 1. The second kappa shape index (κ2) is 3.77. The van der Waals surface area contributed by atoms with Gasteiger partial charge in [0.2, 0.25) is 0 Å². The maximum Gasteiger partial charge on any atom is 0.139 e. The van der Waals surface area contributed by atoms with E-state index in [0.29, 0.717) is 10.6 Å². The highest BCUT2D eigenvalue weighted by molar-refractivity contribution is 6.33. The van der Waals surface area contributed by atoms with Crippen molar-refractivity contribution in [1.82, 2.24) is 5.48 Å². The van der Waals surface area contributed by atoms with Gasteiger partial charge in [-0.05, 0) is 30.4 Å². The number of aromatic hydroxyl groups is 1. The zero-order valence-corrected chi connectivity index (χ0v) is 8.43. The molecule has 14 heavy (non-hydrogen) atoms. The highest BCUT2D eigenvalue weighted by Crippen LogP contribution is 2.37. The molecule has 3 nitrogen and oxygen atoms in total. The summed E-state index contributed by atoms with van der Waals surface area (Å²) in [6.07, 6.45) is 3.03. The van der Waals surface area contributed by atoms with Gasteiger partial charge in [0.15, 0.2) is 0 Å². The van der Waals surface area contributed by atoms with Gasteiger partial charge in [-0.25, -0.2) is 5.48 Å². The Bertz CT molecular complexity index is 366. The molecule has 0 bridgehead atoms. The monoisotopic (exact) mass is 213 g/mol. The van der Waals surface area contributed by atoms with Crippen LogP contribution in [-0.4, -0.2) is 10.3 Å². The van der Waals surface area contributed by atoms with Crippen LogP contribution in [0.15, 0.2) is 6.07 Å². The van der Waals surface area contributed by atoms with Gasteiger partial charge >= 0.3 is 0 Å². The van der Waals surface area contributed by atoms with Crippen LogP contribution in [0.25, 0.3) is 0 Å². The Morgan fingerprint density at radius 3 is 2.93 bits per heavy atom. The molecular weight excluding hydrogens is 202 g/mol. The molecular formula is C10H12ClNO2. The Labute approximate surface area is 87.3 Å². The van der Waals surface area contributed by atoms with E-state index in [-0.39, 0.29) is 12.3 Å². The third-order valence-electron chi connectivity index (χ3n) is 2.66.